The van der Waals surface area contributed by atoms with Crippen LogP contribution in [0.5, 0.6) is 0 Å². The van der Waals surface area contributed by atoms with Crippen molar-refractivity contribution < 1.29 is 13.9 Å². The number of hydrogen-bond donors (Lipinski definition) is 0. The molecule has 0 unspecified atom stereocenters. The van der Waals surface area contributed by atoms with Crippen LogP contribution in [0.1, 0.15) is 37.2 Å². The molecule has 4 nitrogen and oxygen atoms in total. The van der Waals surface area contributed by atoms with Crippen molar-refractivity contribution in [3.63, 3.8) is 0 Å². The van der Waals surface area contributed by atoms with Gasteiger partial charge in [-0.1, -0.05) is 0 Å². The van der Waals surface area contributed by atoms with Crippen molar-refractivity contribution in [1.29, 1.82) is 5.26 Å². The molecule has 2 rings (SSSR count). The molecule has 94 valence electrons. The lowest BCUT2D eigenvalue weighted by Crippen LogP contribution is -2.18. The van der Waals surface area contributed by atoms with E-state index in [-0.39, 0.29) is 17.3 Å². The monoisotopic (exact) mass is 245 g/mol. The van der Waals surface area contributed by atoms with Gasteiger partial charge in [-0.2, -0.15) is 5.26 Å². The minimum Gasteiger partial charge on any atom is -0.497 e. The highest BCUT2D eigenvalue weighted by Crippen LogP contribution is 2.35. The number of nitrogens with zero attached hydrogens (tertiary/aromatic N) is 1. The second kappa shape index (κ2) is 5.09. The zero-order valence-electron chi connectivity index (χ0n) is 10.5. The molecule has 4 heteroatoms. The van der Waals surface area contributed by atoms with Crippen LogP contribution in [-0.4, -0.2) is 12.4 Å². The van der Waals surface area contributed by atoms with Crippen LogP contribution in [-0.2, 0) is 9.53 Å². The van der Waals surface area contributed by atoms with E-state index in [1.165, 1.54) is 0 Å². The van der Waals surface area contributed by atoms with Crippen LogP contribution >= 0.6 is 0 Å². The quantitative estimate of drug-likeness (QED) is 0.821. The van der Waals surface area contributed by atoms with Gasteiger partial charge in [0.2, 0.25) is 0 Å². The van der Waals surface area contributed by atoms with Gasteiger partial charge >= 0.3 is 0 Å². The molecule has 0 N–H and O–H groups in total. The first kappa shape index (κ1) is 12.4. The molecule has 0 radical (unpaired) electrons. The Morgan fingerprint density at radius 2 is 2.28 bits per heavy atom. The van der Waals surface area contributed by atoms with Crippen molar-refractivity contribution in [3.8, 4) is 6.07 Å². The Morgan fingerprint density at radius 1 is 1.50 bits per heavy atom. The lowest BCUT2D eigenvalue weighted by molar-refractivity contribution is -0.116. The number of nitriles is 1. The molecular weight excluding hydrogens is 230 g/mol. The van der Waals surface area contributed by atoms with Gasteiger partial charge in [0.25, 0.3) is 0 Å². The average molecular weight is 245 g/mol. The van der Waals surface area contributed by atoms with E-state index in [9.17, 15) is 4.79 Å². The Kier molecular flexibility index (Phi) is 3.52. The fraction of sp³-hybridized carbons (Fsp3) is 0.429. The van der Waals surface area contributed by atoms with Gasteiger partial charge < -0.3 is 9.15 Å². The van der Waals surface area contributed by atoms with Crippen molar-refractivity contribution in [2.45, 2.75) is 32.6 Å². The van der Waals surface area contributed by atoms with E-state index in [1.807, 2.05) is 32.0 Å². The maximum atomic E-state index is 11.9. The second-order valence-corrected chi connectivity index (χ2v) is 4.32. The zero-order valence-corrected chi connectivity index (χ0v) is 10.5. The summed E-state index contributed by atoms with van der Waals surface area (Å²) in [6.45, 7) is 4.17. The molecule has 0 spiro atoms. The Bertz CT molecular complexity index is 533. The van der Waals surface area contributed by atoms with E-state index < -0.39 is 0 Å². The van der Waals surface area contributed by atoms with Crippen LogP contribution in [0.15, 0.2) is 27.9 Å². The molecule has 0 fully saturated rings. The van der Waals surface area contributed by atoms with E-state index in [1.54, 1.807) is 0 Å². The van der Waals surface area contributed by atoms with Crippen LogP contribution in [0.4, 0.5) is 0 Å². The van der Waals surface area contributed by atoms with Gasteiger partial charge in [0.1, 0.15) is 28.9 Å². The number of aryl methyl sites for hydroxylation is 1. The Balaban J connectivity index is 2.28. The topological polar surface area (TPSA) is 63.2 Å². The molecule has 0 aromatic carbocycles. The van der Waals surface area contributed by atoms with Crippen molar-refractivity contribution in [2.24, 2.45) is 0 Å². The Hall–Kier alpha value is -2.02. The van der Waals surface area contributed by atoms with Crippen LogP contribution < -0.4 is 0 Å². The summed E-state index contributed by atoms with van der Waals surface area (Å²) in [6.07, 6.45) is 0.863. The van der Waals surface area contributed by atoms with Gasteiger partial charge in [0.15, 0.2) is 5.78 Å². The summed E-state index contributed by atoms with van der Waals surface area (Å²) in [4.78, 5) is 11.9. The van der Waals surface area contributed by atoms with Crippen molar-refractivity contribution in [1.82, 2.24) is 0 Å². The number of carbonyl (C=O) groups excluding carboxylic acids is 1. The molecular formula is C14H15NO3. The molecule has 1 aliphatic rings. The summed E-state index contributed by atoms with van der Waals surface area (Å²) in [7, 11) is 0. The van der Waals surface area contributed by atoms with Crippen LogP contribution in [0.2, 0.25) is 0 Å². The summed E-state index contributed by atoms with van der Waals surface area (Å²) in [5.74, 6) is 1.92. The smallest absolute Gasteiger partial charge is 0.177 e. The molecule has 0 saturated heterocycles. The third kappa shape index (κ3) is 2.30. The van der Waals surface area contributed by atoms with Gasteiger partial charge in [0, 0.05) is 18.8 Å². The summed E-state index contributed by atoms with van der Waals surface area (Å²) in [5.41, 5.74) is 0.163. The largest absolute Gasteiger partial charge is 0.497 e. The fourth-order valence-corrected chi connectivity index (χ4v) is 2.18. The van der Waals surface area contributed by atoms with E-state index in [2.05, 4.69) is 0 Å². The predicted molar refractivity (Wildman–Crippen MR) is 64.7 cm³/mol. The maximum absolute atomic E-state index is 11.9. The standard InChI is InChI=1S/C14H15NO3/c1-3-17-14-7-10(6-12(16)11(14)8-15)13-5-4-9(2)18-13/h4-5,10H,3,6-7H2,1-2H3/t10-/m1/s1. The third-order valence-corrected chi connectivity index (χ3v) is 3.02. The molecule has 1 aliphatic carbocycles. The molecule has 1 heterocycles. The number of carbonyl (C=O) groups is 1. The highest BCUT2D eigenvalue weighted by atomic mass is 16.5. The van der Waals surface area contributed by atoms with E-state index in [0.717, 1.165) is 11.5 Å². The Labute approximate surface area is 106 Å². The highest BCUT2D eigenvalue weighted by Gasteiger charge is 2.31. The van der Waals surface area contributed by atoms with E-state index in [0.29, 0.717) is 25.2 Å². The summed E-state index contributed by atoms with van der Waals surface area (Å²) in [5, 5.41) is 8.99. The fourth-order valence-electron chi connectivity index (χ4n) is 2.18. The highest BCUT2D eigenvalue weighted by molar-refractivity contribution is 6.00. The lowest BCUT2D eigenvalue weighted by atomic mass is 9.86. The first-order valence-corrected chi connectivity index (χ1v) is 6.01. The molecule has 0 saturated carbocycles. The maximum Gasteiger partial charge on any atom is 0.177 e. The lowest BCUT2D eigenvalue weighted by Gasteiger charge is -2.22. The zero-order chi connectivity index (χ0) is 13.1. The predicted octanol–water partition coefficient (Wildman–Crippen LogP) is 2.85. The molecule has 1 aromatic heterocycles. The number of Topliss-reactive ketones (excluding diaryl/α,β-unsaturated/α-hetero) is 1. The number of furan rings is 1. The SMILES string of the molecule is CCOC1=C(C#N)C(=O)C[C@@H](c2ccc(C)o2)C1. The first-order chi connectivity index (χ1) is 8.65. The van der Waals surface area contributed by atoms with Crippen LogP contribution in [0, 0.1) is 18.3 Å². The first-order valence-electron chi connectivity index (χ1n) is 6.01. The van der Waals surface area contributed by atoms with Gasteiger partial charge in [-0.05, 0) is 26.0 Å². The van der Waals surface area contributed by atoms with E-state index in [4.69, 9.17) is 14.4 Å². The van der Waals surface area contributed by atoms with Crippen molar-refractivity contribution in [3.05, 3.63) is 35.0 Å². The van der Waals surface area contributed by atoms with Crippen LogP contribution in [0.3, 0.4) is 0 Å². The summed E-state index contributed by atoms with van der Waals surface area (Å²) < 4.78 is 11.0. The van der Waals surface area contributed by atoms with Gasteiger partial charge in [0.05, 0.1) is 6.61 Å². The number of allylic oxidation sites excluding steroid dienone is 2. The molecule has 18 heavy (non-hydrogen) atoms. The summed E-state index contributed by atoms with van der Waals surface area (Å²) >= 11 is 0. The number of ether oxygens (including phenoxy) is 1. The third-order valence-electron chi connectivity index (χ3n) is 3.02. The van der Waals surface area contributed by atoms with E-state index >= 15 is 0 Å². The minimum absolute atomic E-state index is 0.0233. The number of ketones is 1. The van der Waals surface area contributed by atoms with Crippen molar-refractivity contribution >= 4 is 5.78 Å². The van der Waals surface area contributed by atoms with Crippen LogP contribution in [0.25, 0.3) is 0 Å². The molecule has 1 atom stereocenters. The summed E-state index contributed by atoms with van der Waals surface area (Å²) in [6, 6.07) is 5.70. The molecule has 0 amide bonds. The molecule has 0 bridgehead atoms. The van der Waals surface area contributed by atoms with Gasteiger partial charge in [-0.3, -0.25) is 4.79 Å². The van der Waals surface area contributed by atoms with Gasteiger partial charge in [-0.15, -0.1) is 0 Å². The Morgan fingerprint density at radius 3 is 2.83 bits per heavy atom. The van der Waals surface area contributed by atoms with Gasteiger partial charge in [-0.25, -0.2) is 0 Å². The average Bonchev–Trinajstić information content (AvgIpc) is 2.76. The molecule has 1 aromatic rings. The van der Waals surface area contributed by atoms with Crippen molar-refractivity contribution in [2.75, 3.05) is 6.61 Å². The minimum atomic E-state index is -0.161. The number of rotatable bonds is 3. The molecule has 0 aliphatic heterocycles. The normalized spacial score (nSPS) is 19.8. The second-order valence-electron chi connectivity index (χ2n) is 4.32. The number of hydrogen-bond acceptors (Lipinski definition) is 4.